The summed E-state index contributed by atoms with van der Waals surface area (Å²) in [5.41, 5.74) is 1.32. The van der Waals surface area contributed by atoms with Crippen molar-refractivity contribution in [2.75, 3.05) is 44.8 Å². The molecule has 2 aromatic carbocycles. The highest BCUT2D eigenvalue weighted by Crippen LogP contribution is 2.26. The molecule has 0 unspecified atom stereocenters. The highest BCUT2D eigenvalue weighted by atomic mass is 79.9. The van der Waals surface area contributed by atoms with E-state index < -0.39 is 10.9 Å². The molecule has 1 fully saturated rings. The van der Waals surface area contributed by atoms with Crippen LogP contribution in [-0.4, -0.2) is 61.6 Å². The summed E-state index contributed by atoms with van der Waals surface area (Å²) in [6.45, 7) is 2.19. The Morgan fingerprint density at radius 1 is 1.10 bits per heavy atom. The maximum Gasteiger partial charge on any atom is 0.337 e. The Labute approximate surface area is 181 Å². The molecule has 10 heteroatoms. The van der Waals surface area contributed by atoms with Crippen LogP contribution in [-0.2, 0) is 9.53 Å². The van der Waals surface area contributed by atoms with Crippen molar-refractivity contribution in [3.63, 3.8) is 0 Å². The van der Waals surface area contributed by atoms with E-state index in [-0.39, 0.29) is 18.2 Å². The van der Waals surface area contributed by atoms with E-state index in [2.05, 4.69) is 25.6 Å². The molecule has 1 aliphatic heterocycles. The summed E-state index contributed by atoms with van der Waals surface area (Å²) in [4.78, 5) is 38.2. The van der Waals surface area contributed by atoms with E-state index in [1.807, 2.05) is 0 Å². The van der Waals surface area contributed by atoms with E-state index in [0.29, 0.717) is 42.0 Å². The zero-order valence-electron chi connectivity index (χ0n) is 16.2. The Morgan fingerprint density at radius 3 is 2.33 bits per heavy atom. The van der Waals surface area contributed by atoms with Gasteiger partial charge in [-0.2, -0.15) is 0 Å². The molecule has 1 saturated heterocycles. The van der Waals surface area contributed by atoms with Crippen LogP contribution < -0.4 is 9.64 Å². The first-order valence-corrected chi connectivity index (χ1v) is 9.96. The van der Waals surface area contributed by atoms with E-state index in [1.54, 1.807) is 35.2 Å². The number of nitro benzene ring substituents is 1. The minimum atomic E-state index is -0.454. The number of piperazine rings is 1. The normalized spacial score (nSPS) is 13.7. The molecule has 30 heavy (non-hydrogen) atoms. The van der Waals surface area contributed by atoms with E-state index in [0.717, 1.165) is 5.69 Å². The minimum absolute atomic E-state index is 0.0514. The third-order valence-electron chi connectivity index (χ3n) is 4.76. The number of methoxy groups -OCH3 is 1. The lowest BCUT2D eigenvalue weighted by molar-refractivity contribution is -0.384. The van der Waals surface area contributed by atoms with Crippen LogP contribution in [0.25, 0.3) is 0 Å². The van der Waals surface area contributed by atoms with Crippen LogP contribution >= 0.6 is 15.9 Å². The monoisotopic (exact) mass is 477 g/mol. The number of carbonyl (C=O) groups is 2. The average molecular weight is 478 g/mol. The molecule has 158 valence electrons. The number of hydrogen-bond donors (Lipinski definition) is 0. The Balaban J connectivity index is 1.51. The smallest absolute Gasteiger partial charge is 0.337 e. The summed E-state index contributed by atoms with van der Waals surface area (Å²) in [7, 11) is 1.31. The van der Waals surface area contributed by atoms with Crippen LogP contribution in [0.1, 0.15) is 10.4 Å². The van der Waals surface area contributed by atoms with Gasteiger partial charge in [0.25, 0.3) is 11.6 Å². The van der Waals surface area contributed by atoms with Crippen molar-refractivity contribution in [3.05, 3.63) is 62.6 Å². The van der Waals surface area contributed by atoms with Crippen LogP contribution in [0.15, 0.2) is 46.9 Å². The van der Waals surface area contributed by atoms with Gasteiger partial charge in [0.15, 0.2) is 6.61 Å². The summed E-state index contributed by atoms with van der Waals surface area (Å²) in [6.07, 6.45) is 0. The molecule has 0 radical (unpaired) electrons. The number of nitrogens with zero attached hydrogens (tertiary/aromatic N) is 3. The lowest BCUT2D eigenvalue weighted by Gasteiger charge is -2.36. The summed E-state index contributed by atoms with van der Waals surface area (Å²) >= 11 is 3.33. The van der Waals surface area contributed by atoms with Gasteiger partial charge in [-0.15, -0.1) is 0 Å². The van der Waals surface area contributed by atoms with Gasteiger partial charge in [-0.3, -0.25) is 14.9 Å². The lowest BCUT2D eigenvalue weighted by Crippen LogP contribution is -2.50. The highest BCUT2D eigenvalue weighted by molar-refractivity contribution is 9.10. The summed E-state index contributed by atoms with van der Waals surface area (Å²) in [5, 5.41) is 10.8. The summed E-state index contributed by atoms with van der Waals surface area (Å²) in [5.74, 6) is -0.132. The van der Waals surface area contributed by atoms with Gasteiger partial charge in [0.2, 0.25) is 0 Å². The van der Waals surface area contributed by atoms with Gasteiger partial charge in [-0.05, 0) is 46.3 Å². The van der Waals surface area contributed by atoms with E-state index >= 15 is 0 Å². The maximum absolute atomic E-state index is 12.5. The van der Waals surface area contributed by atoms with E-state index in [9.17, 15) is 19.7 Å². The second-order valence-corrected chi connectivity index (χ2v) is 7.42. The lowest BCUT2D eigenvalue weighted by atomic mass is 10.2. The van der Waals surface area contributed by atoms with Gasteiger partial charge in [0.1, 0.15) is 5.75 Å². The predicted molar refractivity (Wildman–Crippen MR) is 113 cm³/mol. The topological polar surface area (TPSA) is 102 Å². The van der Waals surface area contributed by atoms with Crippen molar-refractivity contribution in [2.24, 2.45) is 0 Å². The number of benzene rings is 2. The molecule has 9 nitrogen and oxygen atoms in total. The molecule has 3 rings (SSSR count). The van der Waals surface area contributed by atoms with Crippen LogP contribution in [0.4, 0.5) is 11.4 Å². The first-order valence-electron chi connectivity index (χ1n) is 9.17. The Morgan fingerprint density at radius 2 is 1.77 bits per heavy atom. The van der Waals surface area contributed by atoms with Gasteiger partial charge in [-0.1, -0.05) is 0 Å². The predicted octanol–water partition coefficient (Wildman–Crippen LogP) is 2.87. The number of hydrogen-bond acceptors (Lipinski definition) is 7. The van der Waals surface area contributed by atoms with Crippen LogP contribution in [0.2, 0.25) is 0 Å². The number of esters is 1. The third kappa shape index (κ3) is 5.07. The molecule has 2 aromatic rings. The first kappa shape index (κ1) is 21.6. The second kappa shape index (κ2) is 9.57. The largest absolute Gasteiger partial charge is 0.483 e. The van der Waals surface area contributed by atoms with Crippen molar-refractivity contribution in [1.29, 1.82) is 0 Å². The number of halogens is 1. The van der Waals surface area contributed by atoms with Crippen LogP contribution in [0, 0.1) is 10.1 Å². The van der Waals surface area contributed by atoms with Crippen molar-refractivity contribution in [2.45, 2.75) is 0 Å². The number of ether oxygens (including phenoxy) is 2. The fourth-order valence-corrected chi connectivity index (χ4v) is 3.59. The fourth-order valence-electron chi connectivity index (χ4n) is 3.09. The molecule has 0 atom stereocenters. The van der Waals surface area contributed by atoms with E-state index in [4.69, 9.17) is 4.74 Å². The van der Waals surface area contributed by atoms with Crippen molar-refractivity contribution >= 4 is 39.2 Å². The third-order valence-corrected chi connectivity index (χ3v) is 5.38. The molecule has 1 amide bonds. The van der Waals surface area contributed by atoms with Crippen molar-refractivity contribution in [1.82, 2.24) is 4.90 Å². The number of nitro groups is 1. The zero-order valence-corrected chi connectivity index (χ0v) is 17.8. The fraction of sp³-hybridized carbons (Fsp3) is 0.300. The second-order valence-electron chi connectivity index (χ2n) is 6.57. The van der Waals surface area contributed by atoms with Crippen molar-refractivity contribution < 1.29 is 24.0 Å². The summed E-state index contributed by atoms with van der Waals surface area (Å²) < 4.78 is 10.8. The molecular formula is C20H20BrN3O6. The Bertz CT molecular complexity index is 942. The van der Waals surface area contributed by atoms with E-state index in [1.165, 1.54) is 19.2 Å². The van der Waals surface area contributed by atoms with Crippen molar-refractivity contribution in [3.8, 4) is 5.75 Å². The molecule has 0 bridgehead atoms. The molecule has 0 aliphatic carbocycles. The van der Waals surface area contributed by atoms with Gasteiger partial charge >= 0.3 is 5.97 Å². The van der Waals surface area contributed by atoms with Gasteiger partial charge in [-0.25, -0.2) is 4.79 Å². The number of non-ortho nitro benzene ring substituents is 1. The first-order chi connectivity index (χ1) is 14.4. The number of carbonyl (C=O) groups excluding carboxylic acids is 2. The molecule has 0 aromatic heterocycles. The van der Waals surface area contributed by atoms with Crippen LogP contribution in [0.5, 0.6) is 5.75 Å². The molecule has 0 N–H and O–H groups in total. The molecule has 1 heterocycles. The summed E-state index contributed by atoms with van der Waals surface area (Å²) in [6, 6.07) is 11.1. The van der Waals surface area contributed by atoms with Gasteiger partial charge in [0.05, 0.1) is 22.1 Å². The number of rotatable bonds is 6. The highest BCUT2D eigenvalue weighted by Gasteiger charge is 2.22. The molecule has 0 saturated carbocycles. The Hall–Kier alpha value is -3.14. The molecule has 1 aliphatic rings. The zero-order chi connectivity index (χ0) is 21.7. The molecule has 0 spiro atoms. The quantitative estimate of drug-likeness (QED) is 0.358. The maximum atomic E-state index is 12.5. The number of anilines is 1. The van der Waals surface area contributed by atoms with Gasteiger partial charge < -0.3 is 19.3 Å². The molecular weight excluding hydrogens is 458 g/mol. The Kier molecular flexibility index (Phi) is 6.88. The van der Waals surface area contributed by atoms with Gasteiger partial charge in [0, 0.05) is 44.0 Å². The number of amides is 1. The average Bonchev–Trinajstić information content (AvgIpc) is 2.77. The minimum Gasteiger partial charge on any atom is -0.483 e. The SMILES string of the molecule is COC(=O)c1ccc(OCC(=O)N2CCN(c3ccc([N+](=O)[O-])cc3)CC2)c(Br)c1. The standard InChI is InChI=1S/C20H20BrN3O6/c1-29-20(26)14-2-7-18(17(21)12-14)30-13-19(25)23-10-8-22(9-11-23)15-3-5-16(6-4-15)24(27)28/h2-7,12H,8-11,13H2,1H3. The van der Waals surface area contributed by atoms with Crippen LogP contribution in [0.3, 0.4) is 0 Å².